The Bertz CT molecular complexity index is 565. The van der Waals surface area contributed by atoms with Crippen molar-refractivity contribution in [2.45, 2.75) is 19.8 Å². The van der Waals surface area contributed by atoms with Crippen LogP contribution in [0.3, 0.4) is 0 Å². The Hall–Kier alpha value is -1.10. The number of likely N-dealkylation sites (tertiary alicyclic amines) is 1. The summed E-state index contributed by atoms with van der Waals surface area (Å²) in [6.07, 6.45) is 1.19. The lowest BCUT2D eigenvalue weighted by Gasteiger charge is -2.26. The van der Waals surface area contributed by atoms with E-state index in [1.54, 1.807) is 0 Å². The van der Waals surface area contributed by atoms with E-state index in [0.717, 1.165) is 30.3 Å². The predicted molar refractivity (Wildman–Crippen MR) is 89.6 cm³/mol. The Balaban J connectivity index is 1.58. The number of halogens is 1. The van der Waals surface area contributed by atoms with Gasteiger partial charge in [0.05, 0.1) is 19.8 Å². The van der Waals surface area contributed by atoms with Gasteiger partial charge in [0, 0.05) is 42.5 Å². The van der Waals surface area contributed by atoms with Crippen molar-refractivity contribution < 1.29 is 14.3 Å². The molecule has 0 radical (unpaired) electrons. The van der Waals surface area contributed by atoms with Gasteiger partial charge in [0.15, 0.2) is 0 Å². The van der Waals surface area contributed by atoms with Crippen molar-refractivity contribution in [2.24, 2.45) is 11.3 Å². The van der Waals surface area contributed by atoms with Gasteiger partial charge in [-0.05, 0) is 25.0 Å². The van der Waals surface area contributed by atoms with E-state index in [4.69, 9.17) is 21.1 Å². The third-order valence-electron chi connectivity index (χ3n) is 5.03. The van der Waals surface area contributed by atoms with Crippen LogP contribution in [0.4, 0.5) is 0 Å². The number of benzene rings is 1. The standard InChI is InChI=1S/C18H24ClNO3/c1-2-22-12-18-11-20(9-15(18)10-23-13-18)17(21)8-7-14-5-3-4-6-16(14)19/h3-6,15H,2,7-13H2,1H3/t15-,18-/m1/s1. The van der Waals surface area contributed by atoms with Gasteiger partial charge in [-0.15, -0.1) is 0 Å². The van der Waals surface area contributed by atoms with Crippen molar-refractivity contribution in [3.8, 4) is 0 Å². The summed E-state index contributed by atoms with van der Waals surface area (Å²) < 4.78 is 11.3. The number of amides is 1. The molecule has 5 heteroatoms. The van der Waals surface area contributed by atoms with E-state index in [-0.39, 0.29) is 11.3 Å². The van der Waals surface area contributed by atoms with E-state index in [1.807, 2.05) is 36.1 Å². The molecule has 1 aromatic carbocycles. The number of nitrogens with zero attached hydrogens (tertiary/aromatic N) is 1. The van der Waals surface area contributed by atoms with Crippen LogP contribution in [0.5, 0.6) is 0 Å². The molecule has 1 aromatic rings. The lowest BCUT2D eigenvalue weighted by molar-refractivity contribution is -0.131. The molecule has 0 spiro atoms. The van der Waals surface area contributed by atoms with Crippen LogP contribution in [0.2, 0.25) is 5.02 Å². The zero-order valence-corrected chi connectivity index (χ0v) is 14.3. The largest absolute Gasteiger partial charge is 0.381 e. The van der Waals surface area contributed by atoms with Gasteiger partial charge in [-0.3, -0.25) is 4.79 Å². The van der Waals surface area contributed by atoms with Crippen molar-refractivity contribution >= 4 is 17.5 Å². The molecule has 0 N–H and O–H groups in total. The fourth-order valence-electron chi connectivity index (χ4n) is 3.63. The zero-order chi connectivity index (χ0) is 16.3. The molecule has 0 aromatic heterocycles. The highest BCUT2D eigenvalue weighted by molar-refractivity contribution is 6.31. The first-order valence-corrected chi connectivity index (χ1v) is 8.69. The molecule has 23 heavy (non-hydrogen) atoms. The molecule has 4 nitrogen and oxygen atoms in total. The van der Waals surface area contributed by atoms with Crippen LogP contribution >= 0.6 is 11.6 Å². The Morgan fingerprint density at radius 1 is 1.48 bits per heavy atom. The minimum Gasteiger partial charge on any atom is -0.381 e. The van der Waals surface area contributed by atoms with Crippen LogP contribution < -0.4 is 0 Å². The lowest BCUT2D eigenvalue weighted by atomic mass is 9.82. The molecule has 2 fully saturated rings. The van der Waals surface area contributed by atoms with Crippen LogP contribution in [-0.4, -0.2) is 50.3 Å². The van der Waals surface area contributed by atoms with Gasteiger partial charge in [0.1, 0.15) is 0 Å². The van der Waals surface area contributed by atoms with Gasteiger partial charge < -0.3 is 14.4 Å². The first kappa shape index (κ1) is 16.7. The summed E-state index contributed by atoms with van der Waals surface area (Å²) in [7, 11) is 0. The van der Waals surface area contributed by atoms with Crippen molar-refractivity contribution in [3.05, 3.63) is 34.9 Å². The quantitative estimate of drug-likeness (QED) is 0.801. The van der Waals surface area contributed by atoms with Gasteiger partial charge in [-0.1, -0.05) is 29.8 Å². The molecule has 0 bridgehead atoms. The number of carbonyl (C=O) groups is 1. The molecule has 2 heterocycles. The van der Waals surface area contributed by atoms with Crippen LogP contribution in [0.1, 0.15) is 18.9 Å². The van der Waals surface area contributed by atoms with E-state index in [0.29, 0.717) is 38.6 Å². The molecule has 1 amide bonds. The number of carbonyl (C=O) groups excluding carboxylic acids is 1. The lowest BCUT2D eigenvalue weighted by Crippen LogP contribution is -2.37. The van der Waals surface area contributed by atoms with Crippen molar-refractivity contribution in [1.29, 1.82) is 0 Å². The van der Waals surface area contributed by atoms with Gasteiger partial charge in [-0.2, -0.15) is 0 Å². The minimum absolute atomic E-state index is 0.00391. The molecular formula is C18H24ClNO3. The number of hydrogen-bond donors (Lipinski definition) is 0. The van der Waals surface area contributed by atoms with Crippen LogP contribution in [0, 0.1) is 11.3 Å². The molecule has 2 saturated heterocycles. The van der Waals surface area contributed by atoms with Gasteiger partial charge >= 0.3 is 0 Å². The SMILES string of the molecule is CCOC[C@]12COC[C@H]1CN(C(=O)CCc1ccccc1Cl)C2. The van der Waals surface area contributed by atoms with Crippen LogP contribution in [-0.2, 0) is 20.7 Å². The van der Waals surface area contributed by atoms with Crippen LogP contribution in [0.25, 0.3) is 0 Å². The Morgan fingerprint density at radius 3 is 3.09 bits per heavy atom. The molecule has 2 atom stereocenters. The van der Waals surface area contributed by atoms with Crippen molar-refractivity contribution in [1.82, 2.24) is 4.90 Å². The Labute approximate surface area is 142 Å². The molecular weight excluding hydrogens is 314 g/mol. The van der Waals surface area contributed by atoms with Crippen molar-refractivity contribution in [3.63, 3.8) is 0 Å². The maximum absolute atomic E-state index is 12.6. The average molecular weight is 338 g/mol. The van der Waals surface area contributed by atoms with E-state index in [2.05, 4.69) is 0 Å². The van der Waals surface area contributed by atoms with E-state index < -0.39 is 0 Å². The molecule has 0 unspecified atom stereocenters. The first-order valence-electron chi connectivity index (χ1n) is 8.31. The number of hydrogen-bond acceptors (Lipinski definition) is 3. The fraction of sp³-hybridized carbons (Fsp3) is 0.611. The molecule has 3 rings (SSSR count). The summed E-state index contributed by atoms with van der Waals surface area (Å²) in [5, 5.41) is 0.736. The highest BCUT2D eigenvalue weighted by Gasteiger charge is 2.51. The van der Waals surface area contributed by atoms with Gasteiger partial charge in [0.25, 0.3) is 0 Å². The van der Waals surface area contributed by atoms with Gasteiger partial charge in [0.2, 0.25) is 5.91 Å². The molecule has 0 saturated carbocycles. The van der Waals surface area contributed by atoms with E-state index in [1.165, 1.54) is 0 Å². The molecule has 0 aliphatic carbocycles. The summed E-state index contributed by atoms with van der Waals surface area (Å²) in [6, 6.07) is 7.72. The highest BCUT2D eigenvalue weighted by Crippen LogP contribution is 2.41. The maximum atomic E-state index is 12.6. The topological polar surface area (TPSA) is 38.8 Å². The summed E-state index contributed by atoms with van der Waals surface area (Å²) in [6.45, 7) is 6.36. The van der Waals surface area contributed by atoms with Crippen LogP contribution in [0.15, 0.2) is 24.3 Å². The Morgan fingerprint density at radius 2 is 2.30 bits per heavy atom. The van der Waals surface area contributed by atoms with E-state index in [9.17, 15) is 4.79 Å². The second kappa shape index (κ2) is 7.20. The third-order valence-corrected chi connectivity index (χ3v) is 5.40. The molecule has 2 aliphatic heterocycles. The maximum Gasteiger partial charge on any atom is 0.222 e. The molecule has 2 aliphatic rings. The second-order valence-corrected chi connectivity index (χ2v) is 6.98. The third kappa shape index (κ3) is 3.54. The van der Waals surface area contributed by atoms with Gasteiger partial charge in [-0.25, -0.2) is 0 Å². The number of fused-ring (bicyclic) bond motifs is 1. The summed E-state index contributed by atoms with van der Waals surface area (Å²) in [5.74, 6) is 0.605. The minimum atomic E-state index is -0.00391. The monoisotopic (exact) mass is 337 g/mol. The zero-order valence-electron chi connectivity index (χ0n) is 13.6. The van der Waals surface area contributed by atoms with Crippen molar-refractivity contribution in [2.75, 3.05) is 39.5 Å². The fourth-order valence-corrected chi connectivity index (χ4v) is 3.86. The summed E-state index contributed by atoms with van der Waals surface area (Å²) >= 11 is 6.17. The summed E-state index contributed by atoms with van der Waals surface area (Å²) in [5.41, 5.74) is 1.03. The number of aryl methyl sites for hydroxylation is 1. The number of rotatable bonds is 6. The first-order chi connectivity index (χ1) is 11.1. The average Bonchev–Trinajstić information content (AvgIpc) is 3.09. The highest BCUT2D eigenvalue weighted by atomic mass is 35.5. The molecule has 126 valence electrons. The van der Waals surface area contributed by atoms with E-state index >= 15 is 0 Å². The summed E-state index contributed by atoms with van der Waals surface area (Å²) in [4.78, 5) is 14.6. The normalized spacial score (nSPS) is 26.5. The number of ether oxygens (including phenoxy) is 2. The Kier molecular flexibility index (Phi) is 5.24. The predicted octanol–water partition coefficient (Wildman–Crippen LogP) is 2.78. The second-order valence-electron chi connectivity index (χ2n) is 6.58. The smallest absolute Gasteiger partial charge is 0.222 e.